The number of aromatic nitrogens is 4. The van der Waals surface area contributed by atoms with Gasteiger partial charge in [-0.1, -0.05) is 41.1 Å². The molecule has 0 aliphatic carbocycles. The third-order valence-corrected chi connectivity index (χ3v) is 7.45. The quantitative estimate of drug-likeness (QED) is 0.329. The fraction of sp³-hybridized carbons (Fsp3) is 0.250. The molecule has 6 rings (SSSR count). The summed E-state index contributed by atoms with van der Waals surface area (Å²) in [5, 5.41) is 7.09. The number of aryl methyl sites for hydroxylation is 1. The van der Waals surface area contributed by atoms with Crippen molar-refractivity contribution in [2.75, 3.05) is 31.1 Å². The molecule has 1 aromatic carbocycles. The Kier molecular flexibility index (Phi) is 6.36. The number of hydrogen-bond donors (Lipinski definition) is 0. The van der Waals surface area contributed by atoms with Crippen molar-refractivity contribution in [2.45, 2.75) is 19.8 Å². The minimum Gasteiger partial charge on any atom is -0.354 e. The van der Waals surface area contributed by atoms with Gasteiger partial charge in [-0.25, -0.2) is 4.98 Å². The molecule has 5 aromatic rings. The van der Waals surface area contributed by atoms with Crippen LogP contribution in [-0.4, -0.2) is 57.1 Å². The molecular formula is C28H26N6O2S. The van der Waals surface area contributed by atoms with E-state index in [1.807, 2.05) is 34.5 Å². The molecule has 1 aliphatic heterocycles. The molecule has 1 amide bonds. The molecule has 0 N–H and O–H groups in total. The van der Waals surface area contributed by atoms with E-state index in [1.54, 1.807) is 12.4 Å². The van der Waals surface area contributed by atoms with E-state index < -0.39 is 0 Å². The Hall–Kier alpha value is -4.11. The Labute approximate surface area is 218 Å². The molecule has 37 heavy (non-hydrogen) atoms. The van der Waals surface area contributed by atoms with Gasteiger partial charge in [0.1, 0.15) is 22.7 Å². The Bertz CT molecular complexity index is 1520. The maximum Gasteiger partial charge on any atom is 0.263 e. The molecule has 186 valence electrons. The number of nitrogens with zero attached hydrogens (tertiary/aromatic N) is 6. The van der Waals surface area contributed by atoms with E-state index >= 15 is 0 Å². The highest BCUT2D eigenvalue weighted by atomic mass is 32.1. The summed E-state index contributed by atoms with van der Waals surface area (Å²) in [6, 6.07) is 16.0. The van der Waals surface area contributed by atoms with E-state index in [2.05, 4.69) is 46.2 Å². The van der Waals surface area contributed by atoms with Gasteiger partial charge in [0.25, 0.3) is 11.6 Å². The molecule has 8 nitrogen and oxygen atoms in total. The van der Waals surface area contributed by atoms with Crippen molar-refractivity contribution in [1.29, 1.82) is 0 Å². The number of carbonyl (C=O) groups is 1. The smallest absolute Gasteiger partial charge is 0.263 e. The monoisotopic (exact) mass is 510 g/mol. The first-order chi connectivity index (χ1) is 18.2. The second-order valence-electron chi connectivity index (χ2n) is 9.19. The van der Waals surface area contributed by atoms with Crippen LogP contribution in [0.15, 0.2) is 70.8 Å². The van der Waals surface area contributed by atoms with Crippen LogP contribution in [0.3, 0.4) is 0 Å². The molecule has 0 bridgehead atoms. The average Bonchev–Trinajstić information content (AvgIpc) is 3.55. The zero-order valence-corrected chi connectivity index (χ0v) is 21.3. The van der Waals surface area contributed by atoms with Crippen molar-refractivity contribution in [3.8, 4) is 11.3 Å². The number of rotatable bonds is 5. The van der Waals surface area contributed by atoms with E-state index in [9.17, 15) is 4.79 Å². The van der Waals surface area contributed by atoms with Gasteiger partial charge >= 0.3 is 0 Å². The molecule has 1 aliphatic rings. The Morgan fingerprint density at radius 2 is 1.92 bits per heavy atom. The number of thiophene rings is 1. The number of fused-ring (bicyclic) bond motifs is 1. The summed E-state index contributed by atoms with van der Waals surface area (Å²) in [5.41, 5.74) is 4.33. The summed E-state index contributed by atoms with van der Waals surface area (Å²) in [6.45, 7) is 4.82. The van der Waals surface area contributed by atoms with Crippen molar-refractivity contribution in [3.05, 3.63) is 88.1 Å². The first-order valence-electron chi connectivity index (χ1n) is 12.4. The average molecular weight is 511 g/mol. The number of anilines is 1. The normalized spacial score (nSPS) is 14.2. The molecule has 4 aromatic heterocycles. The van der Waals surface area contributed by atoms with Crippen LogP contribution in [-0.2, 0) is 6.42 Å². The molecule has 0 unspecified atom stereocenters. The number of carbonyl (C=O) groups excluding carboxylic acids is 1. The fourth-order valence-corrected chi connectivity index (χ4v) is 5.36. The second-order valence-corrected chi connectivity index (χ2v) is 10.1. The highest BCUT2D eigenvalue weighted by molar-refractivity contribution is 7.12. The van der Waals surface area contributed by atoms with Crippen molar-refractivity contribution in [2.24, 2.45) is 0 Å². The molecule has 1 saturated heterocycles. The molecule has 5 heterocycles. The summed E-state index contributed by atoms with van der Waals surface area (Å²) in [4.78, 5) is 32.0. The lowest BCUT2D eigenvalue weighted by atomic mass is 10.1. The Morgan fingerprint density at radius 1 is 1.03 bits per heavy atom. The first kappa shape index (κ1) is 23.3. The third-order valence-electron chi connectivity index (χ3n) is 6.60. The van der Waals surface area contributed by atoms with Crippen molar-refractivity contribution in [1.82, 2.24) is 25.0 Å². The highest BCUT2D eigenvalue weighted by Gasteiger charge is 2.26. The zero-order chi connectivity index (χ0) is 25.2. The van der Waals surface area contributed by atoms with Gasteiger partial charge in [-0.3, -0.25) is 9.78 Å². The molecule has 0 spiro atoms. The maximum atomic E-state index is 13.0. The zero-order valence-electron chi connectivity index (χ0n) is 20.5. The first-order valence-corrected chi connectivity index (χ1v) is 13.2. The number of amides is 1. The lowest BCUT2D eigenvalue weighted by Crippen LogP contribution is -2.35. The van der Waals surface area contributed by atoms with Gasteiger partial charge in [0.15, 0.2) is 0 Å². The molecule has 0 saturated carbocycles. The molecule has 0 atom stereocenters. The minimum absolute atomic E-state index is 0.0887. The molecular weight excluding hydrogens is 484 g/mol. The second kappa shape index (κ2) is 10.1. The van der Waals surface area contributed by atoms with Crippen molar-refractivity contribution < 1.29 is 9.32 Å². The summed E-state index contributed by atoms with van der Waals surface area (Å²) in [6.07, 6.45) is 4.92. The van der Waals surface area contributed by atoms with Gasteiger partial charge in [-0.2, -0.15) is 4.98 Å². The predicted molar refractivity (Wildman–Crippen MR) is 144 cm³/mol. The summed E-state index contributed by atoms with van der Waals surface area (Å²) < 4.78 is 5.75. The van der Waals surface area contributed by atoms with E-state index in [0.29, 0.717) is 43.3 Å². The molecule has 1 fully saturated rings. The number of pyridine rings is 1. The van der Waals surface area contributed by atoms with Crippen molar-refractivity contribution >= 4 is 34.2 Å². The van der Waals surface area contributed by atoms with Crippen LogP contribution >= 0.6 is 11.3 Å². The standard InChI is InChI=1S/C28H26N6O2S/c1-19-7-9-20(10-8-19)17-23-30-26(24-25(32-36-27(24)31-23)21-5-2-11-29-18-21)33-12-4-13-34(15-14-33)28(35)22-6-3-16-37-22/h2-3,5-11,16,18H,4,12-15,17H2,1H3. The minimum atomic E-state index is 0.0887. The largest absolute Gasteiger partial charge is 0.354 e. The van der Waals surface area contributed by atoms with E-state index in [4.69, 9.17) is 14.5 Å². The van der Waals surface area contributed by atoms with Gasteiger partial charge in [0.2, 0.25) is 0 Å². The topological polar surface area (TPSA) is 88.3 Å². The number of benzene rings is 1. The summed E-state index contributed by atoms with van der Waals surface area (Å²) in [5.74, 6) is 1.56. The van der Waals surface area contributed by atoms with Gasteiger partial charge in [-0.15, -0.1) is 11.3 Å². The third kappa shape index (κ3) is 4.82. The van der Waals surface area contributed by atoms with Crippen LogP contribution in [0.25, 0.3) is 22.4 Å². The van der Waals surface area contributed by atoms with Gasteiger partial charge < -0.3 is 14.3 Å². The number of hydrogen-bond acceptors (Lipinski definition) is 8. The maximum absolute atomic E-state index is 13.0. The van der Waals surface area contributed by atoms with Crippen LogP contribution in [0.1, 0.15) is 33.0 Å². The van der Waals surface area contributed by atoms with Crippen LogP contribution in [0, 0.1) is 6.92 Å². The van der Waals surface area contributed by atoms with Crippen LogP contribution in [0.2, 0.25) is 0 Å². The summed E-state index contributed by atoms with van der Waals surface area (Å²) in [7, 11) is 0. The van der Waals surface area contributed by atoms with E-state index in [0.717, 1.165) is 40.2 Å². The van der Waals surface area contributed by atoms with Crippen LogP contribution < -0.4 is 4.90 Å². The fourth-order valence-electron chi connectivity index (χ4n) is 4.66. The van der Waals surface area contributed by atoms with E-state index in [1.165, 1.54) is 16.9 Å². The Balaban J connectivity index is 1.37. The summed E-state index contributed by atoms with van der Waals surface area (Å²) >= 11 is 1.48. The SMILES string of the molecule is Cc1ccc(Cc2nc(N3CCCN(C(=O)c4cccs4)CC3)c3c(-c4cccnc4)noc3n2)cc1. The molecule has 9 heteroatoms. The van der Waals surface area contributed by atoms with Gasteiger partial charge in [-0.05, 0) is 42.5 Å². The van der Waals surface area contributed by atoms with Crippen LogP contribution in [0.5, 0.6) is 0 Å². The van der Waals surface area contributed by atoms with Crippen LogP contribution in [0.4, 0.5) is 5.82 Å². The van der Waals surface area contributed by atoms with Gasteiger partial charge in [0.05, 0.1) is 4.88 Å². The lowest BCUT2D eigenvalue weighted by molar-refractivity contribution is 0.0772. The predicted octanol–water partition coefficient (Wildman–Crippen LogP) is 4.99. The Morgan fingerprint density at radius 3 is 2.70 bits per heavy atom. The van der Waals surface area contributed by atoms with E-state index in [-0.39, 0.29) is 5.91 Å². The van der Waals surface area contributed by atoms with Gasteiger partial charge in [0, 0.05) is 50.6 Å². The lowest BCUT2D eigenvalue weighted by Gasteiger charge is -2.23. The van der Waals surface area contributed by atoms with Crippen molar-refractivity contribution in [3.63, 3.8) is 0 Å². The molecule has 0 radical (unpaired) electrons. The highest BCUT2D eigenvalue weighted by Crippen LogP contribution is 2.34.